The van der Waals surface area contributed by atoms with Crippen LogP contribution in [0, 0.1) is 11.3 Å². The summed E-state index contributed by atoms with van der Waals surface area (Å²) in [5, 5.41) is 12.7. The fourth-order valence-corrected chi connectivity index (χ4v) is 3.90. The van der Waals surface area contributed by atoms with Gasteiger partial charge >= 0.3 is 0 Å². The van der Waals surface area contributed by atoms with Crippen LogP contribution in [0.3, 0.4) is 0 Å². The van der Waals surface area contributed by atoms with Gasteiger partial charge in [0.1, 0.15) is 0 Å². The van der Waals surface area contributed by atoms with E-state index in [0.29, 0.717) is 24.3 Å². The first-order chi connectivity index (χ1) is 10.1. The van der Waals surface area contributed by atoms with Gasteiger partial charge in [-0.3, -0.25) is 4.79 Å². The Kier molecular flexibility index (Phi) is 6.02. The van der Waals surface area contributed by atoms with Crippen LogP contribution in [-0.2, 0) is 4.79 Å². The molecule has 1 unspecified atom stereocenters. The van der Waals surface area contributed by atoms with Crippen molar-refractivity contribution in [2.75, 3.05) is 52.9 Å². The predicted octanol–water partition coefficient (Wildman–Crippen LogP) is 0.539. The molecular weight excluding hydrogens is 266 g/mol. The number of amides is 1. The average Bonchev–Trinajstić information content (AvgIpc) is 2.49. The molecule has 1 amide bonds. The number of rotatable bonds is 5. The summed E-state index contributed by atoms with van der Waals surface area (Å²) < 4.78 is 0. The SMILES string of the molecule is CCNC(=O)CCN1CCC2(CCN(C)CC2)C(CO)C1. The molecule has 0 bridgehead atoms. The van der Waals surface area contributed by atoms with E-state index in [-0.39, 0.29) is 12.5 Å². The molecule has 2 heterocycles. The number of carbonyl (C=O) groups is 1. The normalized spacial score (nSPS) is 26.9. The number of likely N-dealkylation sites (tertiary alicyclic amines) is 2. The maximum Gasteiger partial charge on any atom is 0.221 e. The minimum absolute atomic E-state index is 0.137. The van der Waals surface area contributed by atoms with Crippen LogP contribution in [0.1, 0.15) is 32.6 Å². The minimum Gasteiger partial charge on any atom is -0.396 e. The molecule has 5 nitrogen and oxygen atoms in total. The maximum atomic E-state index is 11.6. The van der Waals surface area contributed by atoms with Crippen LogP contribution in [0.2, 0.25) is 0 Å². The highest BCUT2D eigenvalue weighted by atomic mass is 16.3. The Morgan fingerprint density at radius 2 is 1.95 bits per heavy atom. The van der Waals surface area contributed by atoms with Gasteiger partial charge in [0.25, 0.3) is 0 Å². The molecule has 1 spiro atoms. The van der Waals surface area contributed by atoms with Gasteiger partial charge in [-0.1, -0.05) is 0 Å². The summed E-state index contributed by atoms with van der Waals surface area (Å²) in [6.45, 7) is 8.06. The van der Waals surface area contributed by atoms with Crippen molar-refractivity contribution in [2.45, 2.75) is 32.6 Å². The Bertz CT molecular complexity index is 340. The Morgan fingerprint density at radius 3 is 2.57 bits per heavy atom. The van der Waals surface area contributed by atoms with Crippen LogP contribution in [0.25, 0.3) is 0 Å². The smallest absolute Gasteiger partial charge is 0.221 e. The minimum atomic E-state index is 0.137. The monoisotopic (exact) mass is 297 g/mol. The van der Waals surface area contributed by atoms with Gasteiger partial charge < -0.3 is 20.2 Å². The van der Waals surface area contributed by atoms with Crippen molar-refractivity contribution in [2.24, 2.45) is 11.3 Å². The lowest BCUT2D eigenvalue weighted by molar-refractivity contribution is -0.121. The van der Waals surface area contributed by atoms with Crippen LogP contribution in [0.15, 0.2) is 0 Å². The predicted molar refractivity (Wildman–Crippen MR) is 84.1 cm³/mol. The van der Waals surface area contributed by atoms with Crippen molar-refractivity contribution in [1.82, 2.24) is 15.1 Å². The van der Waals surface area contributed by atoms with Crippen molar-refractivity contribution in [3.63, 3.8) is 0 Å². The lowest BCUT2D eigenvalue weighted by atomic mass is 9.64. The molecule has 0 aromatic rings. The molecule has 5 heteroatoms. The molecule has 0 aromatic carbocycles. The second-order valence-electron chi connectivity index (χ2n) is 6.80. The second kappa shape index (κ2) is 7.56. The van der Waals surface area contributed by atoms with Gasteiger partial charge in [0, 0.05) is 38.6 Å². The molecule has 0 aromatic heterocycles. The number of aliphatic hydroxyl groups is 1. The quantitative estimate of drug-likeness (QED) is 0.778. The molecule has 21 heavy (non-hydrogen) atoms. The molecular formula is C16H31N3O2. The zero-order valence-corrected chi connectivity index (χ0v) is 13.6. The summed E-state index contributed by atoms with van der Waals surface area (Å²) in [5.74, 6) is 0.506. The maximum absolute atomic E-state index is 11.6. The van der Waals surface area contributed by atoms with Crippen molar-refractivity contribution < 1.29 is 9.90 Å². The highest BCUT2D eigenvalue weighted by Gasteiger charge is 2.43. The Labute approximate surface area is 128 Å². The van der Waals surface area contributed by atoms with Crippen molar-refractivity contribution in [3.8, 4) is 0 Å². The molecule has 122 valence electrons. The van der Waals surface area contributed by atoms with E-state index in [4.69, 9.17) is 0 Å². The van der Waals surface area contributed by atoms with Gasteiger partial charge in [-0.2, -0.15) is 0 Å². The topological polar surface area (TPSA) is 55.8 Å². The molecule has 2 fully saturated rings. The van der Waals surface area contributed by atoms with E-state index in [1.807, 2.05) is 6.92 Å². The highest BCUT2D eigenvalue weighted by molar-refractivity contribution is 5.75. The molecule has 2 aliphatic rings. The Hall–Kier alpha value is -0.650. The van der Waals surface area contributed by atoms with E-state index in [1.54, 1.807) is 0 Å². The lowest BCUT2D eigenvalue weighted by Gasteiger charge is -2.51. The van der Waals surface area contributed by atoms with Crippen molar-refractivity contribution in [1.29, 1.82) is 0 Å². The highest BCUT2D eigenvalue weighted by Crippen LogP contribution is 2.44. The first kappa shape index (κ1) is 16.7. The lowest BCUT2D eigenvalue weighted by Crippen LogP contribution is -2.53. The zero-order chi connectivity index (χ0) is 15.3. The number of hydrogen-bond donors (Lipinski definition) is 2. The second-order valence-corrected chi connectivity index (χ2v) is 6.80. The number of carbonyl (C=O) groups excluding carboxylic acids is 1. The van der Waals surface area contributed by atoms with Crippen LogP contribution in [-0.4, -0.2) is 73.7 Å². The largest absolute Gasteiger partial charge is 0.396 e. The van der Waals surface area contributed by atoms with Crippen molar-refractivity contribution >= 4 is 5.91 Å². The van der Waals surface area contributed by atoms with Crippen LogP contribution < -0.4 is 5.32 Å². The summed E-state index contributed by atoms with van der Waals surface area (Å²) >= 11 is 0. The van der Waals surface area contributed by atoms with Crippen molar-refractivity contribution in [3.05, 3.63) is 0 Å². The first-order valence-electron chi connectivity index (χ1n) is 8.38. The molecule has 1 atom stereocenters. The molecule has 0 radical (unpaired) electrons. The standard InChI is InChI=1S/C16H31N3O2/c1-3-17-15(21)4-8-19-11-7-16(14(12-19)13-20)5-9-18(2)10-6-16/h14,20H,3-13H2,1-2H3,(H,17,21). The Balaban J connectivity index is 1.85. The summed E-state index contributed by atoms with van der Waals surface area (Å²) in [6.07, 6.45) is 4.15. The molecule has 2 saturated heterocycles. The average molecular weight is 297 g/mol. The van der Waals surface area contributed by atoms with Gasteiger partial charge in [0.15, 0.2) is 0 Å². The summed E-state index contributed by atoms with van der Waals surface area (Å²) in [5.41, 5.74) is 0.337. The van der Waals surface area contributed by atoms with Crippen LogP contribution in [0.5, 0.6) is 0 Å². The first-order valence-corrected chi connectivity index (χ1v) is 8.38. The van der Waals surface area contributed by atoms with E-state index in [0.717, 1.165) is 32.7 Å². The fraction of sp³-hybridized carbons (Fsp3) is 0.938. The number of hydrogen-bond acceptors (Lipinski definition) is 4. The van der Waals surface area contributed by atoms with E-state index >= 15 is 0 Å². The van der Waals surface area contributed by atoms with Gasteiger partial charge in [0.05, 0.1) is 0 Å². The number of aliphatic hydroxyl groups excluding tert-OH is 1. The van der Waals surface area contributed by atoms with E-state index in [1.165, 1.54) is 19.3 Å². The molecule has 0 saturated carbocycles. The Morgan fingerprint density at radius 1 is 1.29 bits per heavy atom. The van der Waals surface area contributed by atoms with E-state index < -0.39 is 0 Å². The van der Waals surface area contributed by atoms with Gasteiger partial charge in [-0.05, 0) is 58.3 Å². The summed E-state index contributed by atoms with van der Waals surface area (Å²) in [7, 11) is 2.18. The van der Waals surface area contributed by atoms with Gasteiger partial charge in [-0.25, -0.2) is 0 Å². The molecule has 0 aliphatic carbocycles. The third kappa shape index (κ3) is 4.18. The van der Waals surface area contributed by atoms with Gasteiger partial charge in [-0.15, -0.1) is 0 Å². The van der Waals surface area contributed by atoms with Crippen LogP contribution in [0.4, 0.5) is 0 Å². The number of nitrogens with zero attached hydrogens (tertiary/aromatic N) is 2. The van der Waals surface area contributed by atoms with Crippen LogP contribution >= 0.6 is 0 Å². The van der Waals surface area contributed by atoms with Gasteiger partial charge in [0.2, 0.25) is 5.91 Å². The molecule has 2 rings (SSSR count). The van der Waals surface area contributed by atoms with E-state index in [2.05, 4.69) is 22.2 Å². The zero-order valence-electron chi connectivity index (χ0n) is 13.6. The number of piperidine rings is 2. The molecule has 2 N–H and O–H groups in total. The number of nitrogens with one attached hydrogen (secondary N) is 1. The van der Waals surface area contributed by atoms with E-state index in [9.17, 15) is 9.90 Å². The fourth-order valence-electron chi connectivity index (χ4n) is 3.90. The summed E-state index contributed by atoms with van der Waals surface area (Å²) in [6, 6.07) is 0. The summed E-state index contributed by atoms with van der Waals surface area (Å²) in [4.78, 5) is 16.3. The molecule has 2 aliphatic heterocycles. The third-order valence-electron chi connectivity index (χ3n) is 5.50. The third-order valence-corrected chi connectivity index (χ3v) is 5.50.